The minimum absolute atomic E-state index is 0.183. The van der Waals surface area contributed by atoms with Gasteiger partial charge in [0.05, 0.1) is 48.8 Å². The molecule has 3 aromatic carbocycles. The fraction of sp³-hybridized carbons (Fsp3) is 0.148. The number of nitro benzene ring substituents is 1. The number of methoxy groups -OCH3 is 2. The summed E-state index contributed by atoms with van der Waals surface area (Å²) in [5.41, 5.74) is 2.61. The quantitative estimate of drug-likeness (QED) is 0.208. The number of fused-ring (bicyclic) bond motifs is 1. The molecule has 0 bridgehead atoms. The number of nitriles is 1. The highest BCUT2D eigenvalue weighted by atomic mass is 16.6. The number of rotatable bonds is 7. The number of aromatic hydroxyl groups is 1. The number of nitro groups is 1. The minimum Gasteiger partial charge on any atom is -0.507 e. The molecule has 10 nitrogen and oxygen atoms in total. The minimum atomic E-state index is -1.07. The van der Waals surface area contributed by atoms with Crippen molar-refractivity contribution >= 4 is 28.5 Å². The summed E-state index contributed by atoms with van der Waals surface area (Å²) < 4.78 is 9.67. The Morgan fingerprint density at radius 1 is 1.08 bits per heavy atom. The van der Waals surface area contributed by atoms with Gasteiger partial charge >= 0.3 is 11.9 Å². The van der Waals surface area contributed by atoms with Crippen molar-refractivity contribution in [3.05, 3.63) is 81.9 Å². The van der Waals surface area contributed by atoms with Crippen molar-refractivity contribution in [3.8, 4) is 34.2 Å². The van der Waals surface area contributed by atoms with Gasteiger partial charge in [-0.2, -0.15) is 5.26 Å². The first-order valence-corrected chi connectivity index (χ1v) is 11.0. The molecule has 37 heavy (non-hydrogen) atoms. The summed E-state index contributed by atoms with van der Waals surface area (Å²) in [5, 5.41) is 32.6. The number of benzene rings is 3. The number of hydrogen-bond donors (Lipinski definition) is 2. The van der Waals surface area contributed by atoms with E-state index in [0.29, 0.717) is 27.9 Å². The molecule has 1 unspecified atom stereocenters. The second-order valence-electron chi connectivity index (χ2n) is 8.22. The number of ether oxygens (including phenoxy) is 2. The first-order chi connectivity index (χ1) is 17.7. The summed E-state index contributed by atoms with van der Waals surface area (Å²) in [5.74, 6) is -2.60. The molecule has 2 N–H and O–H groups in total. The fourth-order valence-corrected chi connectivity index (χ4v) is 4.15. The van der Waals surface area contributed by atoms with Crippen molar-refractivity contribution in [3.63, 3.8) is 0 Å². The van der Waals surface area contributed by atoms with Crippen LogP contribution in [0.15, 0.2) is 60.7 Å². The lowest BCUT2D eigenvalue weighted by Gasteiger charge is -2.18. The molecule has 0 amide bonds. The number of aromatic nitrogens is 1. The van der Waals surface area contributed by atoms with Crippen LogP contribution in [0.5, 0.6) is 5.75 Å². The van der Waals surface area contributed by atoms with E-state index in [1.54, 1.807) is 36.4 Å². The molecule has 1 aromatic heterocycles. The summed E-state index contributed by atoms with van der Waals surface area (Å²) in [6.07, 6.45) is -0.319. The van der Waals surface area contributed by atoms with E-state index in [1.165, 1.54) is 38.5 Å². The van der Waals surface area contributed by atoms with Crippen LogP contribution in [0.4, 0.5) is 5.69 Å². The van der Waals surface area contributed by atoms with Gasteiger partial charge in [-0.3, -0.25) is 19.7 Å². The molecule has 0 radical (unpaired) electrons. The van der Waals surface area contributed by atoms with E-state index in [0.717, 1.165) is 5.39 Å². The number of carbonyl (C=O) groups excluding carboxylic acids is 2. The molecule has 0 spiro atoms. The molecule has 0 aliphatic rings. The van der Waals surface area contributed by atoms with E-state index in [9.17, 15) is 30.1 Å². The molecule has 1 heterocycles. The molecule has 0 aliphatic heterocycles. The van der Waals surface area contributed by atoms with E-state index in [1.807, 2.05) is 0 Å². The average Bonchev–Trinajstić information content (AvgIpc) is 3.34. The molecule has 10 heteroatoms. The number of esters is 2. The second-order valence-corrected chi connectivity index (χ2v) is 8.22. The van der Waals surface area contributed by atoms with Gasteiger partial charge in [-0.1, -0.05) is 12.1 Å². The van der Waals surface area contributed by atoms with Gasteiger partial charge < -0.3 is 19.6 Å². The summed E-state index contributed by atoms with van der Waals surface area (Å²) in [6.45, 7) is 0. The van der Waals surface area contributed by atoms with Crippen LogP contribution in [-0.4, -0.2) is 41.2 Å². The molecule has 4 rings (SSSR count). The maximum Gasteiger partial charge on any atom is 0.313 e. The molecular formula is C27H21N3O7. The number of carbonyl (C=O) groups is 2. The van der Waals surface area contributed by atoms with Crippen LogP contribution in [0, 0.1) is 21.4 Å². The second kappa shape index (κ2) is 10.2. The first-order valence-electron chi connectivity index (χ1n) is 11.0. The van der Waals surface area contributed by atoms with Crippen molar-refractivity contribution < 1.29 is 29.1 Å². The number of nitrogens with zero attached hydrogens (tertiary/aromatic N) is 2. The van der Waals surface area contributed by atoms with Gasteiger partial charge in [-0.15, -0.1) is 0 Å². The van der Waals surface area contributed by atoms with E-state index in [4.69, 9.17) is 9.47 Å². The lowest BCUT2D eigenvalue weighted by molar-refractivity contribution is -0.384. The predicted molar refractivity (Wildman–Crippen MR) is 134 cm³/mol. The van der Waals surface area contributed by atoms with Crippen molar-refractivity contribution in [1.82, 2.24) is 4.98 Å². The molecule has 186 valence electrons. The highest BCUT2D eigenvalue weighted by molar-refractivity contribution is 5.92. The summed E-state index contributed by atoms with van der Waals surface area (Å²) in [7, 11) is 2.40. The lowest BCUT2D eigenvalue weighted by Crippen LogP contribution is -2.19. The van der Waals surface area contributed by atoms with Crippen LogP contribution in [0.3, 0.4) is 0 Å². The monoisotopic (exact) mass is 499 g/mol. The Morgan fingerprint density at radius 3 is 2.51 bits per heavy atom. The molecule has 4 aromatic rings. The summed E-state index contributed by atoms with van der Waals surface area (Å²) in [4.78, 5) is 38.8. The maximum atomic E-state index is 12.7. The fourth-order valence-electron chi connectivity index (χ4n) is 4.15. The molecule has 1 atom stereocenters. The average molecular weight is 499 g/mol. The van der Waals surface area contributed by atoms with Crippen molar-refractivity contribution in [2.24, 2.45) is 0 Å². The van der Waals surface area contributed by atoms with E-state index in [-0.39, 0.29) is 29.0 Å². The van der Waals surface area contributed by atoms with Crippen molar-refractivity contribution in [2.75, 3.05) is 14.2 Å². The highest BCUT2D eigenvalue weighted by Crippen LogP contribution is 2.42. The zero-order chi connectivity index (χ0) is 26.7. The number of phenols is 1. The van der Waals surface area contributed by atoms with Gasteiger partial charge in [0.2, 0.25) is 0 Å². The number of H-pyrrole nitrogens is 1. The summed E-state index contributed by atoms with van der Waals surface area (Å²) in [6, 6.07) is 17.6. The Morgan fingerprint density at radius 2 is 1.84 bits per heavy atom. The van der Waals surface area contributed by atoms with Gasteiger partial charge in [-0.25, -0.2) is 0 Å². The Labute approximate surface area is 210 Å². The smallest absolute Gasteiger partial charge is 0.313 e. The maximum absolute atomic E-state index is 12.7. The molecule has 0 fully saturated rings. The van der Waals surface area contributed by atoms with Crippen molar-refractivity contribution in [2.45, 2.75) is 12.3 Å². The molecule has 0 saturated heterocycles. The number of hydrogen-bond acceptors (Lipinski definition) is 8. The number of aromatic amines is 1. The zero-order valence-electron chi connectivity index (χ0n) is 19.8. The zero-order valence-corrected chi connectivity index (χ0v) is 19.8. The Hall–Kier alpha value is -5.17. The number of non-ortho nitro benzene ring substituents is 1. The Balaban J connectivity index is 1.98. The normalized spacial score (nSPS) is 11.5. The van der Waals surface area contributed by atoms with Crippen LogP contribution in [0.2, 0.25) is 0 Å². The third-order valence-electron chi connectivity index (χ3n) is 6.03. The third kappa shape index (κ3) is 4.97. The lowest BCUT2D eigenvalue weighted by atomic mass is 9.89. The van der Waals surface area contributed by atoms with Crippen molar-refractivity contribution in [1.29, 1.82) is 5.26 Å². The van der Waals surface area contributed by atoms with Gasteiger partial charge in [0.1, 0.15) is 5.75 Å². The molecule has 0 aliphatic carbocycles. The number of nitrogens with one attached hydrogen (secondary N) is 1. The predicted octanol–water partition coefficient (Wildman–Crippen LogP) is 4.81. The third-order valence-corrected chi connectivity index (χ3v) is 6.03. The Kier molecular flexibility index (Phi) is 6.88. The molecule has 0 saturated carbocycles. The van der Waals surface area contributed by atoms with E-state index >= 15 is 0 Å². The van der Waals surface area contributed by atoms with E-state index < -0.39 is 22.8 Å². The SMILES string of the molecule is COC(=O)CC(C(=O)OC)c1cc(-c2cccc([N+](=O)[O-])c2)c(O)c(-c2cc3cc(C#N)ccc3[nH]2)c1. The van der Waals surface area contributed by atoms with Crippen LogP contribution in [0.25, 0.3) is 33.3 Å². The van der Waals surface area contributed by atoms with E-state index in [2.05, 4.69) is 11.1 Å². The van der Waals surface area contributed by atoms with Gasteiger partial charge in [0.15, 0.2) is 0 Å². The highest BCUT2D eigenvalue weighted by Gasteiger charge is 2.28. The summed E-state index contributed by atoms with van der Waals surface area (Å²) >= 11 is 0. The standard InChI is InChI=1S/C27H21N3O7/c1-36-25(31)13-21(27(33)37-2)17-10-20(16-4-3-5-19(9-16)30(34)35)26(32)22(11-17)24-12-18-8-15(14-28)6-7-23(18)29-24/h3-12,21,29,32H,13H2,1-2H3. The Bertz CT molecular complexity index is 1580. The van der Waals surface area contributed by atoms with Gasteiger partial charge in [-0.05, 0) is 47.5 Å². The first kappa shape index (κ1) is 24.9. The van der Waals surface area contributed by atoms with Gasteiger partial charge in [0, 0.05) is 34.2 Å². The largest absolute Gasteiger partial charge is 0.507 e. The van der Waals surface area contributed by atoms with Crippen LogP contribution >= 0.6 is 0 Å². The van der Waals surface area contributed by atoms with Crippen LogP contribution < -0.4 is 0 Å². The van der Waals surface area contributed by atoms with Crippen LogP contribution in [-0.2, 0) is 19.1 Å². The van der Waals surface area contributed by atoms with Crippen LogP contribution in [0.1, 0.15) is 23.5 Å². The topological polar surface area (TPSA) is 156 Å². The molecular weight excluding hydrogens is 478 g/mol. The van der Waals surface area contributed by atoms with Gasteiger partial charge in [0.25, 0.3) is 5.69 Å². The number of phenolic OH excluding ortho intramolecular Hbond substituents is 1.